The summed E-state index contributed by atoms with van der Waals surface area (Å²) in [6.45, 7) is 6.81. The van der Waals surface area contributed by atoms with Crippen LogP contribution in [0.1, 0.15) is 36.7 Å². The van der Waals surface area contributed by atoms with Gasteiger partial charge in [-0.15, -0.1) is 0 Å². The van der Waals surface area contributed by atoms with Gasteiger partial charge in [-0.3, -0.25) is 4.79 Å². The van der Waals surface area contributed by atoms with Gasteiger partial charge in [-0.1, -0.05) is 18.2 Å². The molecule has 0 saturated heterocycles. The van der Waals surface area contributed by atoms with E-state index in [1.165, 1.54) is 0 Å². The molecule has 0 unspecified atom stereocenters. The van der Waals surface area contributed by atoms with E-state index in [0.29, 0.717) is 30.2 Å². The van der Waals surface area contributed by atoms with Crippen molar-refractivity contribution in [2.24, 2.45) is 0 Å². The molecule has 0 fully saturated rings. The molecule has 1 atom stereocenters. The molecule has 2 heterocycles. The van der Waals surface area contributed by atoms with E-state index in [2.05, 4.69) is 0 Å². The molecule has 2 aliphatic rings. The highest BCUT2D eigenvalue weighted by Gasteiger charge is 2.29. The van der Waals surface area contributed by atoms with Crippen molar-refractivity contribution >= 4 is 18.0 Å². The van der Waals surface area contributed by atoms with Gasteiger partial charge in [0, 0.05) is 24.7 Å². The van der Waals surface area contributed by atoms with E-state index in [1.54, 1.807) is 29.2 Å². The van der Waals surface area contributed by atoms with Crippen molar-refractivity contribution in [2.75, 3.05) is 13.1 Å². The summed E-state index contributed by atoms with van der Waals surface area (Å²) < 4.78 is 17.1. The molecule has 6 nitrogen and oxygen atoms in total. The maximum absolute atomic E-state index is 12.8. The molecule has 0 radical (unpaired) electrons. The summed E-state index contributed by atoms with van der Waals surface area (Å²) in [7, 11) is 0. The average molecular weight is 405 g/mol. The van der Waals surface area contributed by atoms with Gasteiger partial charge in [0.25, 0.3) is 0 Å². The number of hydrogen-bond donors (Lipinski definition) is 0. The quantitative estimate of drug-likeness (QED) is 0.681. The lowest BCUT2D eigenvalue weighted by Gasteiger charge is -2.22. The molecule has 2 aromatic rings. The van der Waals surface area contributed by atoms with Gasteiger partial charge in [0.1, 0.15) is 23.4 Å². The van der Waals surface area contributed by atoms with Crippen molar-refractivity contribution in [1.82, 2.24) is 4.90 Å². The number of benzene rings is 2. The molecule has 6 heteroatoms. The Kier molecular flexibility index (Phi) is 5.31. The molecular weight excluding hydrogens is 382 g/mol. The largest absolute Gasteiger partial charge is 0.485 e. The third-order valence-electron chi connectivity index (χ3n) is 5.18. The van der Waals surface area contributed by atoms with E-state index >= 15 is 0 Å². The fourth-order valence-corrected chi connectivity index (χ4v) is 3.45. The standard InChI is InChI=1S/C24H23NO5/c1-4-25(5-2)24(27)29-18-10-11-19-21(14-18)30-22(23(19)26)13-17-12-16-8-6-7-9-20(16)28-15(17)3/h6-15H,4-5H2,1-3H3/b22-13-/t15-/m1/s1. The van der Waals surface area contributed by atoms with E-state index in [0.717, 1.165) is 16.9 Å². The van der Waals surface area contributed by atoms with Crippen molar-refractivity contribution in [3.8, 4) is 17.2 Å². The minimum atomic E-state index is -0.433. The second kappa shape index (κ2) is 8.06. The van der Waals surface area contributed by atoms with Crippen molar-refractivity contribution in [2.45, 2.75) is 26.9 Å². The number of para-hydroxylation sites is 1. The van der Waals surface area contributed by atoms with Crippen LogP contribution >= 0.6 is 0 Å². The first-order valence-electron chi connectivity index (χ1n) is 10.0. The van der Waals surface area contributed by atoms with Gasteiger partial charge in [0.05, 0.1) is 5.56 Å². The summed E-state index contributed by atoms with van der Waals surface area (Å²) in [5.74, 6) is 1.54. The maximum atomic E-state index is 12.8. The molecule has 1 amide bonds. The van der Waals surface area contributed by atoms with Gasteiger partial charge < -0.3 is 19.1 Å². The monoisotopic (exact) mass is 405 g/mol. The van der Waals surface area contributed by atoms with Crippen molar-refractivity contribution in [3.05, 3.63) is 71.0 Å². The number of carbonyl (C=O) groups is 2. The summed E-state index contributed by atoms with van der Waals surface area (Å²) in [5.41, 5.74) is 2.24. The van der Waals surface area contributed by atoms with Crippen LogP contribution in [0.2, 0.25) is 0 Å². The van der Waals surface area contributed by atoms with Crippen molar-refractivity contribution in [1.29, 1.82) is 0 Å². The van der Waals surface area contributed by atoms with Crippen LogP contribution in [0.25, 0.3) is 6.08 Å². The number of hydrogen-bond acceptors (Lipinski definition) is 5. The van der Waals surface area contributed by atoms with E-state index < -0.39 is 6.09 Å². The molecule has 30 heavy (non-hydrogen) atoms. The van der Waals surface area contributed by atoms with Crippen molar-refractivity contribution in [3.63, 3.8) is 0 Å². The van der Waals surface area contributed by atoms with E-state index in [4.69, 9.17) is 14.2 Å². The molecule has 0 aromatic heterocycles. The van der Waals surface area contributed by atoms with Gasteiger partial charge in [-0.2, -0.15) is 0 Å². The summed E-state index contributed by atoms with van der Waals surface area (Å²) >= 11 is 0. The van der Waals surface area contributed by atoms with Crippen LogP contribution < -0.4 is 14.2 Å². The number of rotatable bonds is 4. The second-order valence-corrected chi connectivity index (χ2v) is 7.08. The third kappa shape index (κ3) is 3.68. The lowest BCUT2D eigenvalue weighted by molar-refractivity contribution is 0.101. The highest BCUT2D eigenvalue weighted by Crippen LogP contribution is 2.36. The number of Topliss-reactive ketones (excluding diaryl/α,β-unsaturated/α-hetero) is 1. The number of fused-ring (bicyclic) bond motifs is 2. The zero-order chi connectivity index (χ0) is 21.3. The molecule has 0 N–H and O–H groups in total. The van der Waals surface area contributed by atoms with Crippen LogP contribution in [-0.4, -0.2) is 36.0 Å². The predicted molar refractivity (Wildman–Crippen MR) is 113 cm³/mol. The van der Waals surface area contributed by atoms with Crippen LogP contribution in [0.5, 0.6) is 17.2 Å². The van der Waals surface area contributed by atoms with E-state index in [1.807, 2.05) is 51.1 Å². The topological polar surface area (TPSA) is 65.1 Å². The maximum Gasteiger partial charge on any atom is 0.415 e. The van der Waals surface area contributed by atoms with Crippen LogP contribution in [0.15, 0.2) is 59.9 Å². The molecule has 2 aliphatic heterocycles. The minimum Gasteiger partial charge on any atom is -0.485 e. The van der Waals surface area contributed by atoms with Crippen molar-refractivity contribution < 1.29 is 23.8 Å². The number of ether oxygens (including phenoxy) is 3. The molecule has 2 aromatic carbocycles. The normalized spacial score (nSPS) is 18.1. The third-order valence-corrected chi connectivity index (χ3v) is 5.18. The number of ketones is 1. The van der Waals surface area contributed by atoms with Crippen LogP contribution in [0, 0.1) is 0 Å². The Balaban J connectivity index is 1.57. The van der Waals surface area contributed by atoms with Crippen LogP contribution in [-0.2, 0) is 0 Å². The van der Waals surface area contributed by atoms with Gasteiger partial charge in [-0.05, 0) is 56.7 Å². The molecule has 4 rings (SSSR count). The molecule has 0 saturated carbocycles. The summed E-state index contributed by atoms with van der Waals surface area (Å²) in [5, 5.41) is 0. The Labute approximate surface area is 175 Å². The first kappa shape index (κ1) is 19.8. The lowest BCUT2D eigenvalue weighted by atomic mass is 10.0. The molecule has 0 aliphatic carbocycles. The number of amides is 1. The first-order valence-corrected chi connectivity index (χ1v) is 10.0. The van der Waals surface area contributed by atoms with Gasteiger partial charge in [0.2, 0.25) is 5.78 Å². The minimum absolute atomic E-state index is 0.210. The van der Waals surface area contributed by atoms with Gasteiger partial charge in [0.15, 0.2) is 5.76 Å². The number of carbonyl (C=O) groups excluding carboxylic acids is 2. The Morgan fingerprint density at radius 3 is 2.67 bits per heavy atom. The van der Waals surface area contributed by atoms with E-state index in [-0.39, 0.29) is 17.6 Å². The van der Waals surface area contributed by atoms with Gasteiger partial charge in [-0.25, -0.2) is 4.79 Å². The average Bonchev–Trinajstić information content (AvgIpc) is 3.04. The lowest BCUT2D eigenvalue weighted by Crippen LogP contribution is -2.33. The molecular formula is C24H23NO5. The molecule has 0 spiro atoms. The Morgan fingerprint density at radius 2 is 1.90 bits per heavy atom. The first-order chi connectivity index (χ1) is 14.5. The van der Waals surface area contributed by atoms with Gasteiger partial charge >= 0.3 is 6.09 Å². The van der Waals surface area contributed by atoms with Crippen LogP contribution in [0.3, 0.4) is 0 Å². The summed E-state index contributed by atoms with van der Waals surface area (Å²) in [6.07, 6.45) is 3.06. The zero-order valence-corrected chi connectivity index (χ0v) is 17.2. The van der Waals surface area contributed by atoms with Crippen LogP contribution in [0.4, 0.5) is 4.79 Å². The highest BCUT2D eigenvalue weighted by atomic mass is 16.6. The fourth-order valence-electron chi connectivity index (χ4n) is 3.45. The summed E-state index contributed by atoms with van der Waals surface area (Å²) in [6, 6.07) is 12.5. The smallest absolute Gasteiger partial charge is 0.415 e. The van der Waals surface area contributed by atoms with E-state index in [9.17, 15) is 9.59 Å². The summed E-state index contributed by atoms with van der Waals surface area (Å²) in [4.78, 5) is 26.5. The number of nitrogens with zero attached hydrogens (tertiary/aromatic N) is 1. The second-order valence-electron chi connectivity index (χ2n) is 7.08. The Bertz CT molecular complexity index is 1070. The fraction of sp³-hybridized carbons (Fsp3) is 0.250. The number of allylic oxidation sites excluding steroid dienone is 1. The molecule has 0 bridgehead atoms. The zero-order valence-electron chi connectivity index (χ0n) is 17.2. The highest BCUT2D eigenvalue weighted by molar-refractivity contribution is 6.12. The predicted octanol–water partition coefficient (Wildman–Crippen LogP) is 4.85. The Hall–Kier alpha value is -3.54. The SMILES string of the molecule is CCN(CC)C(=O)Oc1ccc2c(c1)O/C(=C\C1=Cc3ccccc3O[C@@H]1C)C2=O. The molecule has 154 valence electrons. The Morgan fingerprint density at radius 1 is 1.13 bits per heavy atom.